The maximum absolute atomic E-state index is 11.5. The highest BCUT2D eigenvalue weighted by Crippen LogP contribution is 2.00. The van der Waals surface area contributed by atoms with Crippen LogP contribution < -0.4 is 5.32 Å². The molecular formula is C13H14N4O. The SMILES string of the molecule is O=C(C=Cc1ccccc1)NCCc1ncn[nH]1. The number of hydrogen-bond acceptors (Lipinski definition) is 3. The molecule has 1 aromatic carbocycles. The first-order valence-corrected chi connectivity index (χ1v) is 5.70. The molecule has 5 nitrogen and oxygen atoms in total. The molecule has 2 N–H and O–H groups in total. The lowest BCUT2D eigenvalue weighted by atomic mass is 10.2. The lowest BCUT2D eigenvalue weighted by Gasteiger charge is -1.99. The molecule has 1 heterocycles. The zero-order valence-corrected chi connectivity index (χ0v) is 9.84. The smallest absolute Gasteiger partial charge is 0.244 e. The second kappa shape index (κ2) is 6.34. The maximum Gasteiger partial charge on any atom is 0.244 e. The van der Waals surface area contributed by atoms with Crippen LogP contribution in [-0.2, 0) is 11.2 Å². The zero-order valence-electron chi connectivity index (χ0n) is 9.84. The molecule has 1 amide bonds. The van der Waals surface area contributed by atoms with Crippen LogP contribution in [0.15, 0.2) is 42.7 Å². The van der Waals surface area contributed by atoms with E-state index in [9.17, 15) is 4.79 Å². The third kappa shape index (κ3) is 3.86. The van der Waals surface area contributed by atoms with Crippen molar-refractivity contribution >= 4 is 12.0 Å². The van der Waals surface area contributed by atoms with Crippen LogP contribution in [-0.4, -0.2) is 27.6 Å². The van der Waals surface area contributed by atoms with Gasteiger partial charge in [0.05, 0.1) is 0 Å². The Bertz CT molecular complexity index is 505. The molecule has 0 atom stereocenters. The summed E-state index contributed by atoms with van der Waals surface area (Å²) in [5.74, 6) is 0.653. The molecule has 0 saturated heterocycles. The van der Waals surface area contributed by atoms with Crippen LogP contribution in [0.5, 0.6) is 0 Å². The largest absolute Gasteiger partial charge is 0.352 e. The summed E-state index contributed by atoms with van der Waals surface area (Å²) in [6.07, 6.45) is 5.40. The normalized spacial score (nSPS) is 10.7. The molecule has 0 fully saturated rings. The monoisotopic (exact) mass is 242 g/mol. The van der Waals surface area contributed by atoms with E-state index in [1.807, 2.05) is 30.3 Å². The third-order valence-electron chi connectivity index (χ3n) is 2.35. The second-order valence-corrected chi connectivity index (χ2v) is 3.72. The minimum absolute atomic E-state index is 0.113. The molecule has 0 unspecified atom stereocenters. The number of carbonyl (C=O) groups excluding carboxylic acids is 1. The highest BCUT2D eigenvalue weighted by atomic mass is 16.1. The van der Waals surface area contributed by atoms with E-state index in [4.69, 9.17) is 0 Å². The van der Waals surface area contributed by atoms with E-state index in [1.54, 1.807) is 6.08 Å². The Hall–Kier alpha value is -2.43. The molecule has 0 saturated carbocycles. The van der Waals surface area contributed by atoms with Crippen LogP contribution >= 0.6 is 0 Å². The van der Waals surface area contributed by atoms with E-state index in [-0.39, 0.29) is 5.91 Å². The molecule has 18 heavy (non-hydrogen) atoms. The van der Waals surface area contributed by atoms with Gasteiger partial charge in [-0.1, -0.05) is 30.3 Å². The number of hydrogen-bond donors (Lipinski definition) is 2. The van der Waals surface area contributed by atoms with Gasteiger partial charge in [-0.25, -0.2) is 4.98 Å². The quantitative estimate of drug-likeness (QED) is 0.773. The van der Waals surface area contributed by atoms with Gasteiger partial charge >= 0.3 is 0 Å². The van der Waals surface area contributed by atoms with Crippen LogP contribution in [0.3, 0.4) is 0 Å². The number of aromatic amines is 1. The number of carbonyl (C=O) groups is 1. The van der Waals surface area contributed by atoms with E-state index < -0.39 is 0 Å². The summed E-state index contributed by atoms with van der Waals surface area (Å²) in [6.45, 7) is 0.535. The topological polar surface area (TPSA) is 70.7 Å². The molecule has 2 rings (SSSR count). The lowest BCUT2D eigenvalue weighted by Crippen LogP contribution is -2.23. The predicted octanol–water partition coefficient (Wildman–Crippen LogP) is 1.18. The molecule has 0 radical (unpaired) electrons. The van der Waals surface area contributed by atoms with E-state index >= 15 is 0 Å². The minimum Gasteiger partial charge on any atom is -0.352 e. The van der Waals surface area contributed by atoms with Gasteiger partial charge in [0.15, 0.2) is 0 Å². The van der Waals surface area contributed by atoms with Crippen LogP contribution in [0.4, 0.5) is 0 Å². The van der Waals surface area contributed by atoms with Crippen molar-refractivity contribution in [2.45, 2.75) is 6.42 Å². The first-order chi connectivity index (χ1) is 8.84. The molecular weight excluding hydrogens is 228 g/mol. The van der Waals surface area contributed by atoms with Gasteiger partial charge in [0.2, 0.25) is 5.91 Å². The Morgan fingerprint density at radius 1 is 1.33 bits per heavy atom. The Labute approximate surface area is 105 Å². The van der Waals surface area contributed by atoms with E-state index in [1.165, 1.54) is 12.4 Å². The van der Waals surface area contributed by atoms with Crippen LogP contribution in [0.2, 0.25) is 0 Å². The molecule has 0 bridgehead atoms. The van der Waals surface area contributed by atoms with E-state index in [2.05, 4.69) is 20.5 Å². The van der Waals surface area contributed by atoms with Crippen molar-refractivity contribution in [1.82, 2.24) is 20.5 Å². The average molecular weight is 242 g/mol. The maximum atomic E-state index is 11.5. The first-order valence-electron chi connectivity index (χ1n) is 5.70. The van der Waals surface area contributed by atoms with Crippen molar-refractivity contribution in [1.29, 1.82) is 0 Å². The fourth-order valence-electron chi connectivity index (χ4n) is 1.45. The number of nitrogens with zero attached hydrogens (tertiary/aromatic N) is 2. The third-order valence-corrected chi connectivity index (χ3v) is 2.35. The number of amides is 1. The van der Waals surface area contributed by atoms with Crippen molar-refractivity contribution in [2.75, 3.05) is 6.54 Å². The van der Waals surface area contributed by atoms with Gasteiger partial charge in [0.25, 0.3) is 0 Å². The van der Waals surface area contributed by atoms with Crippen molar-refractivity contribution in [3.8, 4) is 0 Å². The fraction of sp³-hybridized carbons (Fsp3) is 0.154. The van der Waals surface area contributed by atoms with Crippen LogP contribution in [0.1, 0.15) is 11.4 Å². The van der Waals surface area contributed by atoms with Gasteiger partial charge in [-0.3, -0.25) is 9.89 Å². The first kappa shape index (κ1) is 12.0. The van der Waals surface area contributed by atoms with Gasteiger partial charge in [-0.2, -0.15) is 5.10 Å². The van der Waals surface area contributed by atoms with Gasteiger partial charge in [0.1, 0.15) is 12.2 Å². The number of H-pyrrole nitrogens is 1. The summed E-state index contributed by atoms with van der Waals surface area (Å²) in [5.41, 5.74) is 1.00. The highest BCUT2D eigenvalue weighted by molar-refractivity contribution is 5.91. The number of aromatic nitrogens is 3. The molecule has 0 spiro atoms. The average Bonchev–Trinajstić information content (AvgIpc) is 2.91. The number of nitrogens with one attached hydrogen (secondary N) is 2. The second-order valence-electron chi connectivity index (χ2n) is 3.72. The Morgan fingerprint density at radius 2 is 2.17 bits per heavy atom. The summed E-state index contributed by atoms with van der Waals surface area (Å²) in [5, 5.41) is 9.25. The molecule has 0 aliphatic rings. The van der Waals surface area contributed by atoms with Gasteiger partial charge in [-0.05, 0) is 11.6 Å². The summed E-state index contributed by atoms with van der Waals surface area (Å²) in [7, 11) is 0. The molecule has 5 heteroatoms. The lowest BCUT2D eigenvalue weighted by molar-refractivity contribution is -0.116. The van der Waals surface area contributed by atoms with Crippen LogP contribution in [0.25, 0.3) is 6.08 Å². The predicted molar refractivity (Wildman–Crippen MR) is 68.6 cm³/mol. The van der Waals surface area contributed by atoms with Gasteiger partial charge in [-0.15, -0.1) is 0 Å². The molecule has 0 aliphatic carbocycles. The van der Waals surface area contributed by atoms with Crippen molar-refractivity contribution in [3.05, 3.63) is 54.1 Å². The molecule has 1 aromatic heterocycles. The Kier molecular flexibility index (Phi) is 4.24. The molecule has 0 aliphatic heterocycles. The van der Waals surface area contributed by atoms with E-state index in [0.29, 0.717) is 13.0 Å². The highest BCUT2D eigenvalue weighted by Gasteiger charge is 1.97. The van der Waals surface area contributed by atoms with Gasteiger partial charge < -0.3 is 5.32 Å². The van der Waals surface area contributed by atoms with Crippen molar-refractivity contribution < 1.29 is 4.79 Å². The van der Waals surface area contributed by atoms with Gasteiger partial charge in [0, 0.05) is 19.0 Å². The summed E-state index contributed by atoms with van der Waals surface area (Å²) >= 11 is 0. The number of rotatable bonds is 5. The van der Waals surface area contributed by atoms with Crippen molar-refractivity contribution in [2.24, 2.45) is 0 Å². The minimum atomic E-state index is -0.113. The summed E-state index contributed by atoms with van der Waals surface area (Å²) < 4.78 is 0. The fourth-order valence-corrected chi connectivity index (χ4v) is 1.45. The summed E-state index contributed by atoms with van der Waals surface area (Å²) in [6, 6.07) is 9.69. The molecule has 92 valence electrons. The zero-order chi connectivity index (χ0) is 12.6. The van der Waals surface area contributed by atoms with Crippen molar-refractivity contribution in [3.63, 3.8) is 0 Å². The Balaban J connectivity index is 1.74. The number of benzene rings is 1. The van der Waals surface area contributed by atoms with E-state index in [0.717, 1.165) is 11.4 Å². The molecule has 2 aromatic rings. The summed E-state index contributed by atoms with van der Waals surface area (Å²) in [4.78, 5) is 15.5. The standard InChI is InChI=1S/C13H14N4O/c18-13(7-6-11-4-2-1-3-5-11)14-9-8-12-15-10-16-17-12/h1-7,10H,8-9H2,(H,14,18)(H,15,16,17). The Morgan fingerprint density at radius 3 is 2.89 bits per heavy atom. The van der Waals surface area contributed by atoms with Crippen LogP contribution in [0, 0.1) is 0 Å².